The van der Waals surface area contributed by atoms with Crippen LogP contribution in [0.4, 0.5) is 5.69 Å². The molecule has 0 radical (unpaired) electrons. The van der Waals surface area contributed by atoms with Gasteiger partial charge in [0.1, 0.15) is 11.6 Å². The van der Waals surface area contributed by atoms with Gasteiger partial charge in [0.15, 0.2) is 0 Å². The number of thioether (sulfide) groups is 1. The van der Waals surface area contributed by atoms with Gasteiger partial charge in [0.25, 0.3) is 0 Å². The van der Waals surface area contributed by atoms with Crippen LogP contribution in [0.1, 0.15) is 19.3 Å². The Morgan fingerprint density at radius 1 is 1.08 bits per heavy atom. The van der Waals surface area contributed by atoms with Crippen molar-refractivity contribution in [2.45, 2.75) is 19.3 Å². The Kier molecular flexibility index (Phi) is 7.67. The maximum atomic E-state index is 9.44. The van der Waals surface area contributed by atoms with Crippen molar-refractivity contribution in [3.63, 3.8) is 0 Å². The fraction of sp³-hybridized carbons (Fsp3) is 0.529. The molecule has 0 aliphatic carbocycles. The molecule has 0 aromatic heterocycles. The van der Waals surface area contributed by atoms with E-state index in [0.717, 1.165) is 48.6 Å². The quantitative estimate of drug-likeness (QED) is 0.396. The molecule has 24 heavy (non-hydrogen) atoms. The van der Waals surface area contributed by atoms with E-state index in [1.165, 1.54) is 19.3 Å². The van der Waals surface area contributed by atoms with Crippen LogP contribution in [0.5, 0.6) is 5.75 Å². The molecule has 1 N–H and O–H groups in total. The lowest BCUT2D eigenvalue weighted by molar-refractivity contribution is 0.339. The number of hydrogen-bond donors (Lipinski definition) is 1. The molecule has 0 amide bonds. The van der Waals surface area contributed by atoms with Crippen molar-refractivity contribution in [1.82, 2.24) is 9.80 Å². The Labute approximate surface area is 165 Å². The Morgan fingerprint density at radius 2 is 1.79 bits per heavy atom. The predicted octanol–water partition coefficient (Wildman–Crippen LogP) is 3.56. The average molecular weight is 460 g/mol. The van der Waals surface area contributed by atoms with Crippen LogP contribution in [0.3, 0.4) is 0 Å². The number of nitrogens with zero attached hydrogens (tertiary/aromatic N) is 4. The van der Waals surface area contributed by atoms with Gasteiger partial charge >= 0.3 is 0 Å². The second kappa shape index (κ2) is 9.50. The first-order chi connectivity index (χ1) is 11.2. The molecule has 0 spiro atoms. The monoisotopic (exact) mass is 460 g/mol. The lowest BCUT2D eigenvalue weighted by atomic mass is 10.1. The van der Waals surface area contributed by atoms with Crippen molar-refractivity contribution in [3.8, 4) is 5.75 Å². The summed E-state index contributed by atoms with van der Waals surface area (Å²) in [4.78, 5) is 14.2. The fourth-order valence-electron chi connectivity index (χ4n) is 2.74. The van der Waals surface area contributed by atoms with Crippen LogP contribution in [0.25, 0.3) is 0 Å². The standard InChI is InChI=1S/C17H24N4OS.HI/c1-20-11-12-23-13-16(20)19-17(21-9-3-2-4-10-21)18-14-5-7-15(22)8-6-14;/h5-8,22H,2-4,9-13H2,1H3;1H. The molecular weight excluding hydrogens is 435 g/mol. The topological polar surface area (TPSA) is 51.4 Å². The van der Waals surface area contributed by atoms with Crippen molar-refractivity contribution >= 4 is 53.2 Å². The molecule has 2 heterocycles. The smallest absolute Gasteiger partial charge is 0.227 e. The average Bonchev–Trinajstić information content (AvgIpc) is 2.59. The summed E-state index contributed by atoms with van der Waals surface area (Å²) in [5, 5.41) is 9.44. The number of amidine groups is 1. The van der Waals surface area contributed by atoms with Gasteiger partial charge in [-0.2, -0.15) is 16.8 Å². The van der Waals surface area contributed by atoms with Gasteiger partial charge < -0.3 is 14.9 Å². The third-order valence-corrected chi connectivity index (χ3v) is 5.12. The molecule has 2 aliphatic rings. The van der Waals surface area contributed by atoms with Gasteiger partial charge in [0.2, 0.25) is 5.96 Å². The van der Waals surface area contributed by atoms with Crippen LogP contribution in [0.2, 0.25) is 0 Å². The maximum absolute atomic E-state index is 9.44. The third kappa shape index (κ3) is 5.27. The number of benzene rings is 1. The van der Waals surface area contributed by atoms with Gasteiger partial charge in [-0.3, -0.25) is 0 Å². The number of aromatic hydroxyl groups is 1. The van der Waals surface area contributed by atoms with E-state index in [1.54, 1.807) is 12.1 Å². The third-order valence-electron chi connectivity index (χ3n) is 4.19. The molecule has 0 saturated carbocycles. The van der Waals surface area contributed by atoms with Gasteiger partial charge in [-0.25, -0.2) is 4.99 Å². The molecule has 132 valence electrons. The molecule has 2 fully saturated rings. The van der Waals surface area contributed by atoms with E-state index in [0.29, 0.717) is 0 Å². The number of halogens is 1. The second-order valence-corrected chi connectivity index (χ2v) is 7.08. The Hall–Kier alpha value is -0.960. The highest BCUT2D eigenvalue weighted by Gasteiger charge is 2.18. The van der Waals surface area contributed by atoms with Crippen molar-refractivity contribution in [2.75, 3.05) is 38.2 Å². The van der Waals surface area contributed by atoms with Gasteiger partial charge in [0, 0.05) is 32.4 Å². The molecule has 2 saturated heterocycles. The van der Waals surface area contributed by atoms with Crippen LogP contribution in [-0.4, -0.2) is 64.9 Å². The van der Waals surface area contributed by atoms with E-state index in [1.807, 2.05) is 23.9 Å². The van der Waals surface area contributed by atoms with Crippen LogP contribution >= 0.6 is 35.7 Å². The minimum Gasteiger partial charge on any atom is -0.508 e. The number of rotatable bonds is 1. The Balaban J connectivity index is 0.00000208. The van der Waals surface area contributed by atoms with Crippen molar-refractivity contribution in [2.24, 2.45) is 9.98 Å². The minimum absolute atomic E-state index is 0. The van der Waals surface area contributed by atoms with Gasteiger partial charge in [-0.15, -0.1) is 24.0 Å². The van der Waals surface area contributed by atoms with Crippen LogP contribution in [0, 0.1) is 0 Å². The number of piperidine rings is 1. The summed E-state index contributed by atoms with van der Waals surface area (Å²) in [6, 6.07) is 7.00. The van der Waals surface area contributed by atoms with E-state index in [4.69, 9.17) is 9.98 Å². The lowest BCUT2D eigenvalue weighted by Gasteiger charge is -2.30. The minimum atomic E-state index is 0. The first-order valence-corrected chi connectivity index (χ1v) is 9.37. The van der Waals surface area contributed by atoms with Crippen LogP contribution in [0.15, 0.2) is 34.3 Å². The van der Waals surface area contributed by atoms with E-state index in [-0.39, 0.29) is 29.7 Å². The van der Waals surface area contributed by atoms with Gasteiger partial charge in [0.05, 0.1) is 11.4 Å². The number of aliphatic imine (C=N–C) groups is 2. The summed E-state index contributed by atoms with van der Waals surface area (Å²) < 4.78 is 0. The molecular formula is C17H25IN4OS. The summed E-state index contributed by atoms with van der Waals surface area (Å²) in [6.45, 7) is 3.07. The summed E-state index contributed by atoms with van der Waals surface area (Å²) in [5.74, 6) is 4.27. The van der Waals surface area contributed by atoms with Gasteiger partial charge in [-0.05, 0) is 43.5 Å². The molecule has 5 nitrogen and oxygen atoms in total. The van der Waals surface area contributed by atoms with Crippen molar-refractivity contribution in [3.05, 3.63) is 24.3 Å². The first-order valence-electron chi connectivity index (χ1n) is 8.21. The van der Waals surface area contributed by atoms with Crippen LogP contribution < -0.4 is 0 Å². The zero-order valence-electron chi connectivity index (χ0n) is 14.0. The van der Waals surface area contributed by atoms with Crippen LogP contribution in [-0.2, 0) is 0 Å². The second-order valence-electron chi connectivity index (χ2n) is 5.98. The number of guanidine groups is 1. The van der Waals surface area contributed by atoms with E-state index >= 15 is 0 Å². The zero-order valence-corrected chi connectivity index (χ0v) is 17.2. The predicted molar refractivity (Wildman–Crippen MR) is 113 cm³/mol. The summed E-state index contributed by atoms with van der Waals surface area (Å²) in [6.07, 6.45) is 3.68. The number of likely N-dealkylation sites (tertiary alicyclic amines) is 1. The fourth-order valence-corrected chi connectivity index (χ4v) is 3.76. The number of phenolic OH excluding ortho intramolecular Hbond substituents is 1. The number of phenols is 1. The highest BCUT2D eigenvalue weighted by molar-refractivity contribution is 14.0. The summed E-state index contributed by atoms with van der Waals surface area (Å²) in [7, 11) is 2.10. The molecule has 0 bridgehead atoms. The molecule has 0 unspecified atom stereocenters. The summed E-state index contributed by atoms with van der Waals surface area (Å²) in [5.41, 5.74) is 0.832. The largest absolute Gasteiger partial charge is 0.508 e. The highest BCUT2D eigenvalue weighted by Crippen LogP contribution is 2.20. The molecule has 3 rings (SSSR count). The molecule has 1 aromatic carbocycles. The maximum Gasteiger partial charge on any atom is 0.227 e. The SMILES string of the molecule is CN1CCSCC1=NC(=Nc1ccc(O)cc1)N1CCCCC1.I. The van der Waals surface area contributed by atoms with E-state index in [2.05, 4.69) is 16.8 Å². The first kappa shape index (κ1) is 19.4. The highest BCUT2D eigenvalue weighted by atomic mass is 127. The molecule has 2 aliphatic heterocycles. The molecule has 0 atom stereocenters. The summed E-state index contributed by atoms with van der Waals surface area (Å²) >= 11 is 1.92. The Bertz CT molecular complexity index is 585. The van der Waals surface area contributed by atoms with Gasteiger partial charge in [-0.1, -0.05) is 0 Å². The number of hydrogen-bond acceptors (Lipinski definition) is 3. The molecule has 1 aromatic rings. The lowest BCUT2D eigenvalue weighted by Crippen LogP contribution is -2.39. The Morgan fingerprint density at radius 3 is 2.46 bits per heavy atom. The normalized spacial score (nSPS) is 20.9. The van der Waals surface area contributed by atoms with Crippen molar-refractivity contribution < 1.29 is 5.11 Å². The van der Waals surface area contributed by atoms with Crippen molar-refractivity contribution in [1.29, 1.82) is 0 Å². The van der Waals surface area contributed by atoms with E-state index in [9.17, 15) is 5.11 Å². The van der Waals surface area contributed by atoms with E-state index < -0.39 is 0 Å². The molecule has 7 heteroatoms. The zero-order chi connectivity index (χ0) is 16.1.